The Bertz CT molecular complexity index is 932. The van der Waals surface area contributed by atoms with Gasteiger partial charge in [0.2, 0.25) is 0 Å². The van der Waals surface area contributed by atoms with Gasteiger partial charge in [-0.3, -0.25) is 20.4 Å². The first kappa shape index (κ1) is 17.3. The fourth-order valence-electron chi connectivity index (χ4n) is 2.31. The molecule has 1 aromatic heterocycles. The molecule has 0 bridgehead atoms. The minimum atomic E-state index is -0.773. The molecule has 1 heterocycles. The molecule has 26 heavy (non-hydrogen) atoms. The molecule has 0 unspecified atom stereocenters. The van der Waals surface area contributed by atoms with Crippen molar-refractivity contribution in [3.05, 3.63) is 72.7 Å². The zero-order valence-electron chi connectivity index (χ0n) is 14.1. The van der Waals surface area contributed by atoms with E-state index in [0.717, 1.165) is 10.8 Å². The molecule has 6 heteroatoms. The van der Waals surface area contributed by atoms with Crippen LogP contribution in [0.1, 0.15) is 12.7 Å². The monoisotopic (exact) mass is 350 g/mol. The van der Waals surface area contributed by atoms with Crippen LogP contribution in [0.2, 0.25) is 0 Å². The number of furan rings is 1. The second-order valence-electron chi connectivity index (χ2n) is 5.60. The normalized spacial score (nSPS) is 12.0. The third kappa shape index (κ3) is 4.51. The number of hydrazine groups is 1. The van der Waals surface area contributed by atoms with Gasteiger partial charge in [-0.1, -0.05) is 30.3 Å². The van der Waals surface area contributed by atoms with Crippen LogP contribution < -0.4 is 15.6 Å². The average molecular weight is 350 g/mol. The van der Waals surface area contributed by atoms with Gasteiger partial charge in [0.05, 0.1) is 6.26 Å². The minimum Gasteiger partial charge on any atom is -0.481 e. The van der Waals surface area contributed by atoms with Crippen LogP contribution in [0.25, 0.3) is 16.8 Å². The molecule has 132 valence electrons. The van der Waals surface area contributed by atoms with Crippen molar-refractivity contribution < 1.29 is 18.7 Å². The van der Waals surface area contributed by atoms with Gasteiger partial charge in [-0.25, -0.2) is 0 Å². The summed E-state index contributed by atoms with van der Waals surface area (Å²) in [6.07, 6.45) is 3.49. The van der Waals surface area contributed by atoms with Crippen molar-refractivity contribution >= 4 is 28.7 Å². The Morgan fingerprint density at radius 2 is 1.85 bits per heavy atom. The van der Waals surface area contributed by atoms with E-state index in [2.05, 4.69) is 10.9 Å². The molecule has 3 rings (SSSR count). The first-order chi connectivity index (χ1) is 12.6. The molecule has 0 fully saturated rings. The number of nitrogens with one attached hydrogen (secondary N) is 2. The van der Waals surface area contributed by atoms with Crippen LogP contribution >= 0.6 is 0 Å². The molecule has 0 saturated heterocycles. The molecule has 2 amide bonds. The number of rotatable bonds is 5. The second kappa shape index (κ2) is 8.02. The molecule has 0 radical (unpaired) electrons. The van der Waals surface area contributed by atoms with E-state index in [-0.39, 0.29) is 0 Å². The highest BCUT2D eigenvalue weighted by molar-refractivity contribution is 5.93. The van der Waals surface area contributed by atoms with Crippen molar-refractivity contribution in [3.8, 4) is 5.75 Å². The van der Waals surface area contributed by atoms with Crippen molar-refractivity contribution in [1.29, 1.82) is 0 Å². The van der Waals surface area contributed by atoms with Crippen LogP contribution in [0, 0.1) is 0 Å². The Balaban J connectivity index is 1.51. The van der Waals surface area contributed by atoms with Crippen LogP contribution in [0.15, 0.2) is 71.4 Å². The molecule has 0 aliphatic carbocycles. The van der Waals surface area contributed by atoms with Gasteiger partial charge in [-0.2, -0.15) is 0 Å². The van der Waals surface area contributed by atoms with Crippen molar-refractivity contribution in [1.82, 2.24) is 10.9 Å². The number of hydrogen-bond acceptors (Lipinski definition) is 4. The lowest BCUT2D eigenvalue weighted by atomic mass is 10.1. The van der Waals surface area contributed by atoms with E-state index in [1.54, 1.807) is 25.1 Å². The predicted octanol–water partition coefficient (Wildman–Crippen LogP) is 3.06. The Morgan fingerprint density at radius 3 is 2.62 bits per heavy atom. The Morgan fingerprint density at radius 1 is 1.04 bits per heavy atom. The molecule has 0 aliphatic rings. The van der Waals surface area contributed by atoms with E-state index in [4.69, 9.17) is 9.15 Å². The zero-order chi connectivity index (χ0) is 18.4. The summed E-state index contributed by atoms with van der Waals surface area (Å²) in [5, 5.41) is 2.11. The summed E-state index contributed by atoms with van der Waals surface area (Å²) in [4.78, 5) is 23.7. The number of amides is 2. The summed E-state index contributed by atoms with van der Waals surface area (Å²) in [6, 6.07) is 16.9. The summed E-state index contributed by atoms with van der Waals surface area (Å²) in [6.45, 7) is 1.61. The van der Waals surface area contributed by atoms with E-state index in [0.29, 0.717) is 11.5 Å². The highest BCUT2D eigenvalue weighted by Crippen LogP contribution is 2.21. The van der Waals surface area contributed by atoms with Crippen LogP contribution in [-0.4, -0.2) is 17.9 Å². The Labute approximate surface area is 150 Å². The SMILES string of the molecule is C[C@H](Oc1ccc2ccccc2c1)C(=O)NNC(=O)/C=C/c1ccco1. The van der Waals surface area contributed by atoms with Crippen LogP contribution in [0.3, 0.4) is 0 Å². The van der Waals surface area contributed by atoms with Crippen LogP contribution in [0.5, 0.6) is 5.75 Å². The molecule has 0 aliphatic heterocycles. The maximum atomic E-state index is 12.1. The molecule has 0 spiro atoms. The van der Waals surface area contributed by atoms with E-state index >= 15 is 0 Å². The van der Waals surface area contributed by atoms with Gasteiger partial charge in [0.15, 0.2) is 6.10 Å². The molecule has 3 aromatic rings. The topological polar surface area (TPSA) is 80.6 Å². The van der Waals surface area contributed by atoms with Crippen molar-refractivity contribution in [3.63, 3.8) is 0 Å². The number of benzene rings is 2. The van der Waals surface area contributed by atoms with E-state index < -0.39 is 17.9 Å². The van der Waals surface area contributed by atoms with E-state index in [9.17, 15) is 9.59 Å². The minimum absolute atomic E-state index is 0.460. The number of ether oxygens (including phenoxy) is 1. The summed E-state index contributed by atoms with van der Waals surface area (Å²) >= 11 is 0. The maximum absolute atomic E-state index is 12.1. The predicted molar refractivity (Wildman–Crippen MR) is 98.1 cm³/mol. The lowest BCUT2D eigenvalue weighted by Gasteiger charge is -2.15. The van der Waals surface area contributed by atoms with Gasteiger partial charge >= 0.3 is 0 Å². The van der Waals surface area contributed by atoms with Gasteiger partial charge < -0.3 is 9.15 Å². The first-order valence-electron chi connectivity index (χ1n) is 8.09. The maximum Gasteiger partial charge on any atom is 0.279 e. The van der Waals surface area contributed by atoms with Gasteiger partial charge in [-0.05, 0) is 48.0 Å². The summed E-state index contributed by atoms with van der Waals surface area (Å²) in [7, 11) is 0. The Hall–Kier alpha value is -3.54. The molecular formula is C20H18N2O4. The Kier molecular flexibility index (Phi) is 5.34. The van der Waals surface area contributed by atoms with Gasteiger partial charge in [0.1, 0.15) is 11.5 Å². The van der Waals surface area contributed by atoms with Crippen LogP contribution in [-0.2, 0) is 9.59 Å². The largest absolute Gasteiger partial charge is 0.481 e. The number of carbonyl (C=O) groups is 2. The quantitative estimate of drug-likeness (QED) is 0.547. The summed E-state index contributed by atoms with van der Waals surface area (Å²) < 4.78 is 10.7. The van der Waals surface area contributed by atoms with Crippen molar-refractivity contribution in [2.24, 2.45) is 0 Å². The lowest BCUT2D eigenvalue weighted by molar-refractivity contribution is -0.131. The number of fused-ring (bicyclic) bond motifs is 1. The molecule has 1 atom stereocenters. The summed E-state index contributed by atoms with van der Waals surface area (Å²) in [5.41, 5.74) is 4.62. The highest BCUT2D eigenvalue weighted by Gasteiger charge is 2.15. The number of carbonyl (C=O) groups excluding carboxylic acids is 2. The van der Waals surface area contributed by atoms with Gasteiger partial charge in [0.25, 0.3) is 11.8 Å². The highest BCUT2D eigenvalue weighted by atomic mass is 16.5. The third-order valence-corrected chi connectivity index (χ3v) is 3.65. The van der Waals surface area contributed by atoms with Crippen LogP contribution in [0.4, 0.5) is 0 Å². The van der Waals surface area contributed by atoms with E-state index in [1.165, 1.54) is 18.4 Å². The molecule has 0 saturated carbocycles. The van der Waals surface area contributed by atoms with Gasteiger partial charge in [-0.15, -0.1) is 0 Å². The smallest absolute Gasteiger partial charge is 0.279 e. The fourth-order valence-corrected chi connectivity index (χ4v) is 2.31. The standard InChI is InChI=1S/C20H18N2O4/c1-14(26-18-9-8-15-5-2-3-6-16(15)13-18)20(24)22-21-19(23)11-10-17-7-4-12-25-17/h2-14H,1H3,(H,21,23)(H,22,24)/b11-10+/t14-/m0/s1. The van der Waals surface area contributed by atoms with Crippen molar-refractivity contribution in [2.45, 2.75) is 13.0 Å². The average Bonchev–Trinajstić information content (AvgIpc) is 3.18. The first-order valence-corrected chi connectivity index (χ1v) is 8.09. The molecule has 2 aromatic carbocycles. The lowest BCUT2D eigenvalue weighted by Crippen LogP contribution is -2.46. The molecule has 6 nitrogen and oxygen atoms in total. The fraction of sp³-hybridized carbons (Fsp3) is 0.100. The zero-order valence-corrected chi connectivity index (χ0v) is 14.1. The summed E-state index contributed by atoms with van der Waals surface area (Å²) in [5.74, 6) is 0.181. The van der Waals surface area contributed by atoms with Gasteiger partial charge in [0, 0.05) is 6.08 Å². The third-order valence-electron chi connectivity index (χ3n) is 3.65. The van der Waals surface area contributed by atoms with Crippen molar-refractivity contribution in [2.75, 3.05) is 0 Å². The molecular weight excluding hydrogens is 332 g/mol. The molecule has 2 N–H and O–H groups in total. The second-order valence-corrected chi connectivity index (χ2v) is 5.60. The van der Waals surface area contributed by atoms with E-state index in [1.807, 2.05) is 36.4 Å². The number of hydrogen-bond donors (Lipinski definition) is 2.